The van der Waals surface area contributed by atoms with Crippen molar-refractivity contribution < 1.29 is 4.74 Å². The van der Waals surface area contributed by atoms with Gasteiger partial charge in [0.25, 0.3) is 0 Å². The van der Waals surface area contributed by atoms with Crippen molar-refractivity contribution in [2.75, 3.05) is 26.3 Å². The monoisotopic (exact) mass is 295 g/mol. The molecule has 0 spiro atoms. The molecule has 0 aromatic heterocycles. The van der Waals surface area contributed by atoms with Gasteiger partial charge in [0, 0.05) is 9.89 Å². The summed E-state index contributed by atoms with van der Waals surface area (Å²) < 4.78 is 6.70. The molecular formula is C14H18BrNO. The van der Waals surface area contributed by atoms with Crippen LogP contribution in [-0.2, 0) is 10.2 Å². The smallest absolute Gasteiger partial charge is 0.0588 e. The minimum Gasteiger partial charge on any atom is -0.379 e. The van der Waals surface area contributed by atoms with E-state index in [1.165, 1.54) is 18.4 Å². The van der Waals surface area contributed by atoms with Crippen LogP contribution in [0.4, 0.5) is 0 Å². The molecule has 0 unspecified atom stereocenters. The van der Waals surface area contributed by atoms with Gasteiger partial charge in [0.05, 0.1) is 13.2 Å². The number of halogens is 1. The summed E-state index contributed by atoms with van der Waals surface area (Å²) in [6.45, 7) is 4.12. The van der Waals surface area contributed by atoms with Crippen LogP contribution in [0.5, 0.6) is 0 Å². The van der Waals surface area contributed by atoms with Crippen LogP contribution < -0.4 is 5.32 Å². The van der Waals surface area contributed by atoms with Gasteiger partial charge < -0.3 is 10.1 Å². The van der Waals surface area contributed by atoms with E-state index >= 15 is 0 Å². The maximum Gasteiger partial charge on any atom is 0.0588 e. The maximum atomic E-state index is 5.54. The number of benzene rings is 1. The van der Waals surface area contributed by atoms with E-state index in [1.54, 1.807) is 0 Å². The molecule has 1 aromatic carbocycles. The molecule has 2 heterocycles. The molecule has 2 aliphatic rings. The Morgan fingerprint density at radius 2 is 1.76 bits per heavy atom. The molecule has 0 atom stereocenters. The van der Waals surface area contributed by atoms with Crippen LogP contribution in [0.1, 0.15) is 18.4 Å². The summed E-state index contributed by atoms with van der Waals surface area (Å²) in [7, 11) is 0. The second kappa shape index (κ2) is 4.71. The largest absolute Gasteiger partial charge is 0.379 e. The molecule has 0 amide bonds. The third kappa shape index (κ3) is 2.05. The maximum absolute atomic E-state index is 5.54. The zero-order chi connectivity index (χ0) is 11.7. The number of hydrogen-bond acceptors (Lipinski definition) is 2. The molecule has 1 N–H and O–H groups in total. The van der Waals surface area contributed by atoms with Crippen LogP contribution >= 0.6 is 15.9 Å². The fourth-order valence-corrected chi connectivity index (χ4v) is 3.38. The van der Waals surface area contributed by atoms with Gasteiger partial charge in [0.15, 0.2) is 0 Å². The molecule has 0 aliphatic carbocycles. The van der Waals surface area contributed by atoms with E-state index in [2.05, 4.69) is 45.5 Å². The minimum absolute atomic E-state index is 0.294. The fourth-order valence-electron chi connectivity index (χ4n) is 3.12. The topological polar surface area (TPSA) is 21.3 Å². The molecule has 0 saturated carbocycles. The summed E-state index contributed by atoms with van der Waals surface area (Å²) in [5.41, 5.74) is 1.75. The highest BCUT2D eigenvalue weighted by molar-refractivity contribution is 9.10. The zero-order valence-corrected chi connectivity index (χ0v) is 11.5. The third-order valence-electron chi connectivity index (χ3n) is 4.26. The van der Waals surface area contributed by atoms with Crippen molar-refractivity contribution in [2.24, 2.45) is 5.92 Å². The molecule has 92 valence electrons. The van der Waals surface area contributed by atoms with Crippen LogP contribution in [0, 0.1) is 5.92 Å². The van der Waals surface area contributed by atoms with Crippen molar-refractivity contribution in [1.82, 2.24) is 5.32 Å². The van der Waals surface area contributed by atoms with E-state index in [0.29, 0.717) is 5.41 Å². The van der Waals surface area contributed by atoms with Gasteiger partial charge in [-0.05, 0) is 49.5 Å². The van der Waals surface area contributed by atoms with Gasteiger partial charge in [-0.2, -0.15) is 0 Å². The van der Waals surface area contributed by atoms with Crippen LogP contribution in [0.2, 0.25) is 0 Å². The summed E-state index contributed by atoms with van der Waals surface area (Å²) in [5.74, 6) is 0.777. The Bertz CT molecular complexity index is 380. The van der Waals surface area contributed by atoms with Crippen LogP contribution in [0.25, 0.3) is 0 Å². The average Bonchev–Trinajstić information content (AvgIpc) is 2.32. The van der Waals surface area contributed by atoms with Crippen molar-refractivity contribution in [3.63, 3.8) is 0 Å². The van der Waals surface area contributed by atoms with E-state index in [1.807, 2.05) is 0 Å². The SMILES string of the molecule is Brc1ccc(C2(C3CCNCC3)COC2)cc1. The molecule has 1 aromatic rings. The number of rotatable bonds is 2. The molecule has 3 heteroatoms. The van der Waals surface area contributed by atoms with Gasteiger partial charge in [-0.15, -0.1) is 0 Å². The first-order valence-electron chi connectivity index (χ1n) is 6.36. The lowest BCUT2D eigenvalue weighted by Crippen LogP contribution is -2.54. The van der Waals surface area contributed by atoms with Gasteiger partial charge in [-0.1, -0.05) is 28.1 Å². The lowest BCUT2D eigenvalue weighted by Gasteiger charge is -2.49. The molecule has 2 nitrogen and oxygen atoms in total. The van der Waals surface area contributed by atoms with Crippen molar-refractivity contribution in [3.8, 4) is 0 Å². The molecule has 17 heavy (non-hydrogen) atoms. The molecular weight excluding hydrogens is 278 g/mol. The summed E-state index contributed by atoms with van der Waals surface area (Å²) in [4.78, 5) is 0. The van der Waals surface area contributed by atoms with E-state index in [-0.39, 0.29) is 0 Å². The summed E-state index contributed by atoms with van der Waals surface area (Å²) >= 11 is 3.51. The Labute approximate surface area is 111 Å². The lowest BCUT2D eigenvalue weighted by atomic mass is 9.65. The molecule has 2 fully saturated rings. The first kappa shape index (κ1) is 11.7. The van der Waals surface area contributed by atoms with E-state index in [9.17, 15) is 0 Å². The standard InChI is InChI=1S/C14H18BrNO/c15-13-3-1-11(2-4-13)14(9-17-10-14)12-5-7-16-8-6-12/h1-4,12,16H,5-10H2. The van der Waals surface area contributed by atoms with Crippen molar-refractivity contribution in [2.45, 2.75) is 18.3 Å². The number of nitrogens with one attached hydrogen (secondary N) is 1. The fraction of sp³-hybridized carbons (Fsp3) is 0.571. The van der Waals surface area contributed by atoms with Gasteiger partial charge in [-0.25, -0.2) is 0 Å². The predicted octanol–water partition coefficient (Wildman–Crippen LogP) is 2.72. The second-order valence-electron chi connectivity index (χ2n) is 5.18. The van der Waals surface area contributed by atoms with Gasteiger partial charge in [0.1, 0.15) is 0 Å². The summed E-state index contributed by atoms with van der Waals surface area (Å²) in [6.07, 6.45) is 2.55. The van der Waals surface area contributed by atoms with Gasteiger partial charge >= 0.3 is 0 Å². The highest BCUT2D eigenvalue weighted by Crippen LogP contribution is 2.43. The van der Waals surface area contributed by atoms with Crippen LogP contribution in [0.15, 0.2) is 28.7 Å². The average molecular weight is 296 g/mol. The Kier molecular flexibility index (Phi) is 3.24. The highest BCUT2D eigenvalue weighted by Gasteiger charge is 2.46. The van der Waals surface area contributed by atoms with Crippen molar-refractivity contribution >= 4 is 15.9 Å². The minimum atomic E-state index is 0.294. The number of hydrogen-bond donors (Lipinski definition) is 1. The molecule has 2 saturated heterocycles. The molecule has 2 aliphatic heterocycles. The highest BCUT2D eigenvalue weighted by atomic mass is 79.9. The number of ether oxygens (including phenoxy) is 1. The van der Waals surface area contributed by atoms with Crippen LogP contribution in [0.3, 0.4) is 0 Å². The van der Waals surface area contributed by atoms with E-state index < -0.39 is 0 Å². The normalized spacial score (nSPS) is 24.3. The Morgan fingerprint density at radius 1 is 1.12 bits per heavy atom. The summed E-state index contributed by atoms with van der Waals surface area (Å²) in [6, 6.07) is 8.82. The molecule has 3 rings (SSSR count). The first-order valence-corrected chi connectivity index (χ1v) is 7.15. The number of piperidine rings is 1. The third-order valence-corrected chi connectivity index (χ3v) is 4.79. The Balaban J connectivity index is 1.87. The molecule has 0 bridgehead atoms. The lowest BCUT2D eigenvalue weighted by molar-refractivity contribution is -0.0963. The van der Waals surface area contributed by atoms with Gasteiger partial charge in [-0.3, -0.25) is 0 Å². The Morgan fingerprint density at radius 3 is 2.29 bits per heavy atom. The van der Waals surface area contributed by atoms with Crippen molar-refractivity contribution in [1.29, 1.82) is 0 Å². The summed E-state index contributed by atoms with van der Waals surface area (Å²) in [5, 5.41) is 3.45. The quantitative estimate of drug-likeness (QED) is 0.906. The zero-order valence-electron chi connectivity index (χ0n) is 9.92. The van der Waals surface area contributed by atoms with Crippen molar-refractivity contribution in [3.05, 3.63) is 34.3 Å². The van der Waals surface area contributed by atoms with Crippen LogP contribution in [-0.4, -0.2) is 26.3 Å². The van der Waals surface area contributed by atoms with E-state index in [4.69, 9.17) is 4.74 Å². The Hall–Kier alpha value is -0.380. The van der Waals surface area contributed by atoms with E-state index in [0.717, 1.165) is 36.7 Å². The van der Waals surface area contributed by atoms with Gasteiger partial charge in [0.2, 0.25) is 0 Å². The predicted molar refractivity (Wildman–Crippen MR) is 72.2 cm³/mol. The second-order valence-corrected chi connectivity index (χ2v) is 6.10. The molecule has 0 radical (unpaired) electrons. The first-order chi connectivity index (χ1) is 8.31.